The van der Waals surface area contributed by atoms with Crippen LogP contribution >= 0.6 is 0 Å². The highest BCUT2D eigenvalue weighted by Crippen LogP contribution is 2.35. The average Bonchev–Trinajstić information content (AvgIpc) is 2.36. The van der Waals surface area contributed by atoms with Crippen molar-refractivity contribution in [3.63, 3.8) is 0 Å². The van der Waals surface area contributed by atoms with Gasteiger partial charge in [-0.1, -0.05) is 44.2 Å². The van der Waals surface area contributed by atoms with Crippen LogP contribution in [0.5, 0.6) is 0 Å². The molecule has 1 aromatic carbocycles. The second-order valence-electron chi connectivity index (χ2n) is 6.99. The van der Waals surface area contributed by atoms with Crippen LogP contribution in [0, 0.1) is 11.3 Å². The van der Waals surface area contributed by atoms with Crippen molar-refractivity contribution in [3.8, 4) is 0 Å². The molecule has 20 heavy (non-hydrogen) atoms. The van der Waals surface area contributed by atoms with Crippen LogP contribution in [0.15, 0.2) is 30.3 Å². The van der Waals surface area contributed by atoms with Gasteiger partial charge in [0.1, 0.15) is 0 Å². The third-order valence-corrected chi connectivity index (χ3v) is 4.31. The lowest BCUT2D eigenvalue weighted by Crippen LogP contribution is -2.42. The molecule has 2 N–H and O–H groups in total. The van der Waals surface area contributed by atoms with Crippen LogP contribution in [0.3, 0.4) is 0 Å². The van der Waals surface area contributed by atoms with Gasteiger partial charge < -0.3 is 15.1 Å². The lowest BCUT2D eigenvalue weighted by molar-refractivity contribution is -0.000439. The van der Waals surface area contributed by atoms with Gasteiger partial charge in [0.2, 0.25) is 0 Å². The summed E-state index contributed by atoms with van der Waals surface area (Å²) < 4.78 is 0. The summed E-state index contributed by atoms with van der Waals surface area (Å²) in [7, 11) is 2.10. The minimum absolute atomic E-state index is 0.0867. The van der Waals surface area contributed by atoms with Gasteiger partial charge in [0, 0.05) is 18.5 Å². The van der Waals surface area contributed by atoms with Crippen LogP contribution in [0.25, 0.3) is 0 Å². The van der Waals surface area contributed by atoms with E-state index in [0.717, 1.165) is 31.5 Å². The number of aliphatic hydroxyl groups is 2. The number of nitrogens with zero attached hydrogens (tertiary/aromatic N) is 1. The Morgan fingerprint density at radius 2 is 1.85 bits per heavy atom. The first kappa shape index (κ1) is 15.5. The molecule has 0 aliphatic heterocycles. The van der Waals surface area contributed by atoms with Crippen molar-refractivity contribution in [3.05, 3.63) is 35.9 Å². The van der Waals surface area contributed by atoms with Gasteiger partial charge in [0.15, 0.2) is 0 Å². The fourth-order valence-corrected chi connectivity index (χ4v) is 3.22. The molecule has 0 spiro atoms. The lowest BCUT2D eigenvalue weighted by Gasteiger charge is -2.39. The predicted molar refractivity (Wildman–Crippen MR) is 81.4 cm³/mol. The van der Waals surface area contributed by atoms with Crippen LogP contribution in [0.1, 0.15) is 38.4 Å². The van der Waals surface area contributed by atoms with Crippen molar-refractivity contribution in [2.75, 3.05) is 20.1 Å². The summed E-state index contributed by atoms with van der Waals surface area (Å²) in [5, 5.41) is 19.9. The molecule has 1 aliphatic rings. The van der Waals surface area contributed by atoms with E-state index in [2.05, 4.69) is 25.8 Å². The zero-order valence-corrected chi connectivity index (χ0v) is 12.8. The Labute approximate surface area is 122 Å². The van der Waals surface area contributed by atoms with E-state index < -0.39 is 6.10 Å². The van der Waals surface area contributed by atoms with E-state index in [4.69, 9.17) is 0 Å². The Morgan fingerprint density at radius 1 is 1.25 bits per heavy atom. The zero-order chi connectivity index (χ0) is 14.8. The van der Waals surface area contributed by atoms with Gasteiger partial charge in [-0.05, 0) is 31.4 Å². The molecule has 2 rings (SSSR count). The van der Waals surface area contributed by atoms with Gasteiger partial charge in [-0.2, -0.15) is 0 Å². The molecular weight excluding hydrogens is 250 g/mol. The fourth-order valence-electron chi connectivity index (χ4n) is 3.22. The van der Waals surface area contributed by atoms with Gasteiger partial charge in [0.25, 0.3) is 0 Å². The summed E-state index contributed by atoms with van der Waals surface area (Å²) in [5.74, 6) is 0.611. The Balaban J connectivity index is 1.89. The number of rotatable bonds is 6. The van der Waals surface area contributed by atoms with Crippen molar-refractivity contribution in [2.45, 2.75) is 38.9 Å². The molecule has 0 amide bonds. The highest BCUT2D eigenvalue weighted by Gasteiger charge is 2.33. The van der Waals surface area contributed by atoms with Crippen LogP contribution in [0.2, 0.25) is 0 Å². The standard InChI is InChI=1S/C17H27NO2/c1-17(2,16(20)14-7-5-4-6-8-14)12-18(3)11-13-9-15(19)10-13/h4-8,13,15-16,19-20H,9-12H2,1-3H3. The number of hydrogen-bond donors (Lipinski definition) is 2. The first-order valence-corrected chi connectivity index (χ1v) is 7.48. The molecule has 0 saturated heterocycles. The van der Waals surface area contributed by atoms with Crippen LogP contribution in [-0.2, 0) is 0 Å². The fraction of sp³-hybridized carbons (Fsp3) is 0.647. The smallest absolute Gasteiger partial charge is 0.0853 e. The van der Waals surface area contributed by atoms with Crippen LogP contribution < -0.4 is 0 Å². The summed E-state index contributed by atoms with van der Waals surface area (Å²) in [4.78, 5) is 2.28. The normalized spacial score (nSPS) is 24.5. The molecule has 112 valence electrons. The van der Waals surface area contributed by atoms with E-state index >= 15 is 0 Å². The Hall–Kier alpha value is -0.900. The number of hydrogen-bond acceptors (Lipinski definition) is 3. The van der Waals surface area contributed by atoms with Crippen LogP contribution in [0.4, 0.5) is 0 Å². The SMILES string of the molecule is CN(CC1CC(O)C1)CC(C)(C)C(O)c1ccccc1. The van der Waals surface area contributed by atoms with E-state index in [0.29, 0.717) is 5.92 Å². The highest BCUT2D eigenvalue weighted by atomic mass is 16.3. The molecule has 1 aromatic rings. The predicted octanol–water partition coefficient (Wildman–Crippen LogP) is 2.45. The van der Waals surface area contributed by atoms with Crippen molar-refractivity contribution in [2.24, 2.45) is 11.3 Å². The maximum atomic E-state index is 10.6. The van der Waals surface area contributed by atoms with E-state index in [1.807, 2.05) is 30.3 Å². The van der Waals surface area contributed by atoms with Gasteiger partial charge in [-0.3, -0.25) is 0 Å². The summed E-state index contributed by atoms with van der Waals surface area (Å²) >= 11 is 0. The topological polar surface area (TPSA) is 43.7 Å². The lowest BCUT2D eigenvalue weighted by atomic mass is 9.80. The van der Waals surface area contributed by atoms with E-state index in [-0.39, 0.29) is 11.5 Å². The Bertz CT molecular complexity index is 412. The summed E-state index contributed by atoms with van der Waals surface area (Å²) in [5.41, 5.74) is 0.781. The molecule has 1 saturated carbocycles. The van der Waals surface area contributed by atoms with Crippen molar-refractivity contribution in [1.82, 2.24) is 4.90 Å². The second kappa shape index (κ2) is 6.25. The van der Waals surface area contributed by atoms with Gasteiger partial charge >= 0.3 is 0 Å². The largest absolute Gasteiger partial charge is 0.393 e. The van der Waals surface area contributed by atoms with Gasteiger partial charge in [-0.25, -0.2) is 0 Å². The highest BCUT2D eigenvalue weighted by molar-refractivity contribution is 5.19. The molecule has 1 fully saturated rings. The molecule has 1 unspecified atom stereocenters. The minimum atomic E-state index is -0.460. The summed E-state index contributed by atoms with van der Waals surface area (Å²) in [6, 6.07) is 9.86. The summed E-state index contributed by atoms with van der Waals surface area (Å²) in [6.45, 7) is 6.06. The molecular formula is C17H27NO2. The maximum Gasteiger partial charge on any atom is 0.0853 e. The third kappa shape index (κ3) is 3.81. The molecule has 0 heterocycles. The molecule has 1 aliphatic carbocycles. The van der Waals surface area contributed by atoms with E-state index in [9.17, 15) is 10.2 Å². The van der Waals surface area contributed by atoms with E-state index in [1.54, 1.807) is 0 Å². The van der Waals surface area contributed by atoms with Gasteiger partial charge in [-0.15, -0.1) is 0 Å². The molecule has 0 aromatic heterocycles. The molecule has 0 radical (unpaired) electrons. The molecule has 1 atom stereocenters. The molecule has 0 bridgehead atoms. The van der Waals surface area contributed by atoms with Crippen molar-refractivity contribution in [1.29, 1.82) is 0 Å². The maximum absolute atomic E-state index is 10.6. The van der Waals surface area contributed by atoms with Crippen molar-refractivity contribution >= 4 is 0 Å². The summed E-state index contributed by atoms with van der Waals surface area (Å²) in [6.07, 6.45) is 1.30. The monoisotopic (exact) mass is 277 g/mol. The first-order chi connectivity index (χ1) is 9.38. The molecule has 3 heteroatoms. The number of benzene rings is 1. The quantitative estimate of drug-likeness (QED) is 0.839. The third-order valence-electron chi connectivity index (χ3n) is 4.31. The zero-order valence-electron chi connectivity index (χ0n) is 12.8. The van der Waals surface area contributed by atoms with Crippen LogP contribution in [-0.4, -0.2) is 41.4 Å². The Morgan fingerprint density at radius 3 is 2.40 bits per heavy atom. The van der Waals surface area contributed by atoms with E-state index in [1.165, 1.54) is 0 Å². The first-order valence-electron chi connectivity index (χ1n) is 7.48. The molecule has 3 nitrogen and oxygen atoms in total. The number of aliphatic hydroxyl groups excluding tert-OH is 2. The van der Waals surface area contributed by atoms with Gasteiger partial charge in [0.05, 0.1) is 12.2 Å². The minimum Gasteiger partial charge on any atom is -0.393 e. The second-order valence-corrected chi connectivity index (χ2v) is 6.99. The van der Waals surface area contributed by atoms with Crippen molar-refractivity contribution < 1.29 is 10.2 Å². The average molecular weight is 277 g/mol. The Kier molecular flexibility index (Phi) is 4.84.